The van der Waals surface area contributed by atoms with E-state index >= 15 is 0 Å². The van der Waals surface area contributed by atoms with Crippen LogP contribution in [0.25, 0.3) is 22.6 Å². The van der Waals surface area contributed by atoms with Gasteiger partial charge in [-0.3, -0.25) is 0 Å². The zero-order chi connectivity index (χ0) is 21.1. The average molecular weight is 402 g/mol. The zero-order valence-electron chi connectivity index (χ0n) is 17.4. The molecule has 4 rings (SSSR count). The summed E-state index contributed by atoms with van der Waals surface area (Å²) in [4.78, 5) is 18.1. The van der Waals surface area contributed by atoms with Crippen molar-refractivity contribution in [2.75, 3.05) is 20.2 Å². The Bertz CT molecular complexity index is 1100. The minimum atomic E-state index is -1.15. The quantitative estimate of drug-likeness (QED) is 0.643. The van der Waals surface area contributed by atoms with Crippen LogP contribution in [0.3, 0.4) is 0 Å². The number of carbonyl (C=O) groups excluding carboxylic acids is 1. The standard InChI is InChI=1S/C25H26N2O3/c1-3-4-13-30-19-11-9-17(10-12-19)14-18-15-27(2)16-21-23(25(28)29)20-7-5-6-8-22(20)26-24(18)21/h5-12,14H,3-4,13,15-16H2,1-2H3,(H,28,29)/b18-14+. The lowest BCUT2D eigenvalue weighted by molar-refractivity contribution is -0.887. The third-order valence-corrected chi connectivity index (χ3v) is 5.46. The van der Waals surface area contributed by atoms with Crippen LogP contribution in [0.15, 0.2) is 48.5 Å². The number of benzene rings is 2. The van der Waals surface area contributed by atoms with E-state index in [0.717, 1.165) is 54.1 Å². The molecule has 154 valence electrons. The number of fused-ring (bicyclic) bond motifs is 2. The molecule has 5 nitrogen and oxygen atoms in total. The predicted molar refractivity (Wildman–Crippen MR) is 116 cm³/mol. The fraction of sp³-hybridized carbons (Fsp3) is 0.280. The fourth-order valence-corrected chi connectivity index (χ4v) is 4.01. The Morgan fingerprint density at radius 2 is 1.93 bits per heavy atom. The van der Waals surface area contributed by atoms with Crippen molar-refractivity contribution in [2.45, 2.75) is 26.3 Å². The summed E-state index contributed by atoms with van der Waals surface area (Å²) in [5, 5.41) is 12.7. The first-order valence-corrected chi connectivity index (χ1v) is 10.4. The van der Waals surface area contributed by atoms with Gasteiger partial charge in [-0.25, -0.2) is 4.98 Å². The molecular formula is C25H26N2O3. The maximum Gasteiger partial charge on any atom is 0.119 e. The average Bonchev–Trinajstić information content (AvgIpc) is 2.73. The van der Waals surface area contributed by atoms with Gasteiger partial charge in [-0.1, -0.05) is 43.7 Å². The predicted octanol–water partition coefficient (Wildman–Crippen LogP) is 2.35. The molecule has 0 fully saturated rings. The second-order valence-corrected chi connectivity index (χ2v) is 7.87. The minimum absolute atomic E-state index is 0.264. The van der Waals surface area contributed by atoms with Gasteiger partial charge in [0.1, 0.15) is 18.8 Å². The highest BCUT2D eigenvalue weighted by molar-refractivity contribution is 6.05. The number of carboxylic acids is 1. The summed E-state index contributed by atoms with van der Waals surface area (Å²) in [6, 6.07) is 15.4. The molecule has 0 radical (unpaired) electrons. The van der Waals surface area contributed by atoms with E-state index in [0.29, 0.717) is 17.4 Å². The number of unbranched alkanes of at least 4 members (excludes halogenated alkanes) is 1. The van der Waals surface area contributed by atoms with Crippen LogP contribution in [0.5, 0.6) is 5.75 Å². The van der Waals surface area contributed by atoms with Crippen molar-refractivity contribution in [1.82, 2.24) is 4.98 Å². The van der Waals surface area contributed by atoms with Crippen LogP contribution in [-0.2, 0) is 6.54 Å². The Kier molecular flexibility index (Phi) is 5.81. The van der Waals surface area contributed by atoms with Gasteiger partial charge in [0.25, 0.3) is 0 Å². The lowest BCUT2D eigenvalue weighted by Crippen LogP contribution is -3.08. The third kappa shape index (κ3) is 4.07. The molecule has 0 spiro atoms. The lowest BCUT2D eigenvalue weighted by atomic mass is 9.92. The number of hydrogen-bond acceptors (Lipinski definition) is 4. The Balaban J connectivity index is 1.75. The number of para-hydroxylation sites is 1. The van der Waals surface area contributed by atoms with Gasteiger partial charge in [-0.2, -0.15) is 0 Å². The van der Waals surface area contributed by atoms with Gasteiger partial charge in [-0.15, -0.1) is 0 Å². The number of ether oxygens (including phenoxy) is 1. The van der Waals surface area contributed by atoms with Crippen LogP contribution in [-0.4, -0.2) is 31.2 Å². The molecule has 0 amide bonds. The minimum Gasteiger partial charge on any atom is -0.545 e. The molecule has 3 aromatic rings. The number of rotatable bonds is 6. The first-order valence-electron chi connectivity index (χ1n) is 10.4. The van der Waals surface area contributed by atoms with Gasteiger partial charge in [0.2, 0.25) is 0 Å². The fourth-order valence-electron chi connectivity index (χ4n) is 4.01. The maximum atomic E-state index is 12.0. The van der Waals surface area contributed by atoms with E-state index < -0.39 is 5.97 Å². The van der Waals surface area contributed by atoms with Crippen LogP contribution in [0.2, 0.25) is 0 Å². The highest BCUT2D eigenvalue weighted by atomic mass is 16.5. The largest absolute Gasteiger partial charge is 0.545 e. The molecule has 1 aromatic heterocycles. The van der Waals surface area contributed by atoms with Gasteiger partial charge in [0, 0.05) is 22.1 Å². The number of quaternary nitrogens is 1. The molecule has 2 aromatic carbocycles. The molecule has 1 aliphatic rings. The summed E-state index contributed by atoms with van der Waals surface area (Å²) in [5.41, 5.74) is 4.53. The Labute approximate surface area is 176 Å². The molecule has 2 heterocycles. The SMILES string of the molecule is CCCCOc1ccc(/C=C2\C[NH+](C)Cc3c2nc2ccccc2c3C(=O)[O-])cc1. The normalized spacial score (nSPS) is 17.1. The molecule has 0 bridgehead atoms. The number of nitrogens with one attached hydrogen (secondary N) is 1. The maximum absolute atomic E-state index is 12.0. The van der Waals surface area contributed by atoms with E-state index in [9.17, 15) is 9.90 Å². The highest BCUT2D eigenvalue weighted by Gasteiger charge is 2.27. The van der Waals surface area contributed by atoms with Crippen molar-refractivity contribution in [3.05, 3.63) is 70.9 Å². The summed E-state index contributed by atoms with van der Waals surface area (Å²) in [6.07, 6.45) is 4.24. The van der Waals surface area contributed by atoms with E-state index in [1.54, 1.807) is 6.07 Å². The van der Waals surface area contributed by atoms with Crippen LogP contribution in [0.4, 0.5) is 0 Å². The number of aromatic carboxylic acids is 1. The number of hydrogen-bond donors (Lipinski definition) is 1. The van der Waals surface area contributed by atoms with Crippen molar-refractivity contribution in [2.24, 2.45) is 0 Å². The van der Waals surface area contributed by atoms with Crippen molar-refractivity contribution in [3.63, 3.8) is 0 Å². The monoisotopic (exact) mass is 402 g/mol. The van der Waals surface area contributed by atoms with Crippen LogP contribution < -0.4 is 14.7 Å². The van der Waals surface area contributed by atoms with Gasteiger partial charge < -0.3 is 19.5 Å². The number of carbonyl (C=O) groups is 1. The molecule has 30 heavy (non-hydrogen) atoms. The second-order valence-electron chi connectivity index (χ2n) is 7.87. The molecule has 1 aliphatic heterocycles. The molecule has 1 unspecified atom stereocenters. The van der Waals surface area contributed by atoms with Gasteiger partial charge in [0.05, 0.1) is 30.8 Å². The zero-order valence-corrected chi connectivity index (χ0v) is 17.4. The van der Waals surface area contributed by atoms with Gasteiger partial charge >= 0.3 is 0 Å². The summed E-state index contributed by atoms with van der Waals surface area (Å²) in [6.45, 7) is 4.25. The van der Waals surface area contributed by atoms with E-state index in [1.807, 2.05) is 42.5 Å². The van der Waals surface area contributed by atoms with Crippen LogP contribution >= 0.6 is 0 Å². The Morgan fingerprint density at radius 1 is 1.17 bits per heavy atom. The summed E-state index contributed by atoms with van der Waals surface area (Å²) in [7, 11) is 2.07. The number of aromatic nitrogens is 1. The van der Waals surface area contributed by atoms with E-state index in [2.05, 4.69) is 20.0 Å². The third-order valence-electron chi connectivity index (χ3n) is 5.46. The van der Waals surface area contributed by atoms with Crippen molar-refractivity contribution in [3.8, 4) is 5.75 Å². The first-order chi connectivity index (χ1) is 14.6. The highest BCUT2D eigenvalue weighted by Crippen LogP contribution is 2.30. The molecular weight excluding hydrogens is 376 g/mol. The van der Waals surface area contributed by atoms with Crippen molar-refractivity contribution < 1.29 is 19.5 Å². The van der Waals surface area contributed by atoms with Gasteiger partial charge in [-0.05, 0) is 36.3 Å². The Hall–Kier alpha value is -3.18. The van der Waals surface area contributed by atoms with Gasteiger partial charge in [0.15, 0.2) is 0 Å². The first kappa shape index (κ1) is 20.1. The number of nitrogens with zero attached hydrogens (tertiary/aromatic N) is 1. The molecule has 0 aliphatic carbocycles. The smallest absolute Gasteiger partial charge is 0.119 e. The van der Waals surface area contributed by atoms with Crippen molar-refractivity contribution >= 4 is 28.5 Å². The van der Waals surface area contributed by atoms with E-state index in [4.69, 9.17) is 9.72 Å². The number of carboxylic acid groups (broad SMARTS) is 1. The van der Waals surface area contributed by atoms with Crippen LogP contribution in [0.1, 0.15) is 46.9 Å². The topological polar surface area (TPSA) is 66.7 Å². The van der Waals surface area contributed by atoms with E-state index in [-0.39, 0.29) is 5.56 Å². The summed E-state index contributed by atoms with van der Waals surface area (Å²) in [5.74, 6) is -0.284. The van der Waals surface area contributed by atoms with Crippen LogP contribution in [0, 0.1) is 0 Å². The molecule has 5 heteroatoms. The summed E-state index contributed by atoms with van der Waals surface area (Å²) >= 11 is 0. The molecule has 0 saturated carbocycles. The molecule has 1 atom stereocenters. The molecule has 1 N–H and O–H groups in total. The summed E-state index contributed by atoms with van der Waals surface area (Å²) < 4.78 is 5.75. The lowest BCUT2D eigenvalue weighted by Gasteiger charge is -2.27. The van der Waals surface area contributed by atoms with Crippen molar-refractivity contribution in [1.29, 1.82) is 0 Å². The number of pyridine rings is 1. The van der Waals surface area contributed by atoms with E-state index in [1.165, 1.54) is 4.90 Å². The second kappa shape index (κ2) is 8.67. The number of likely N-dealkylation sites (N-methyl/N-ethyl adjacent to an activating group) is 1. The Morgan fingerprint density at radius 3 is 2.67 bits per heavy atom. The molecule has 0 saturated heterocycles.